The number of aromatic nitrogens is 2. The number of hydrogen-bond acceptors (Lipinski definition) is 5. The smallest absolute Gasteiger partial charge is 0.270 e. The first-order chi connectivity index (χ1) is 14.2. The monoisotopic (exact) mass is 389 g/mol. The number of amides is 1. The molecule has 0 radical (unpaired) electrons. The lowest BCUT2D eigenvalue weighted by Gasteiger charge is -2.19. The molecular weight excluding hydrogens is 373 g/mol. The van der Waals surface area contributed by atoms with Gasteiger partial charge >= 0.3 is 0 Å². The van der Waals surface area contributed by atoms with E-state index in [0.717, 1.165) is 5.56 Å². The van der Waals surface area contributed by atoms with Crippen LogP contribution in [0.25, 0.3) is 11.5 Å². The van der Waals surface area contributed by atoms with E-state index in [0.29, 0.717) is 22.9 Å². The van der Waals surface area contributed by atoms with Crippen LogP contribution in [-0.4, -0.2) is 16.1 Å². The van der Waals surface area contributed by atoms with Gasteiger partial charge in [0.25, 0.3) is 5.91 Å². The maximum Gasteiger partial charge on any atom is 0.270 e. The zero-order valence-electron chi connectivity index (χ0n) is 15.2. The van der Waals surface area contributed by atoms with Crippen molar-refractivity contribution in [2.24, 2.45) is 0 Å². The number of anilines is 1. The molecule has 0 aliphatic carbocycles. The van der Waals surface area contributed by atoms with Gasteiger partial charge in [0.1, 0.15) is 11.6 Å². The van der Waals surface area contributed by atoms with Crippen LogP contribution in [0.4, 0.5) is 10.1 Å². The fraction of sp³-hybridized carbons (Fsp3) is 0.0455. The summed E-state index contributed by atoms with van der Waals surface area (Å²) >= 11 is 0. The summed E-state index contributed by atoms with van der Waals surface area (Å²) in [5.41, 5.74) is 1.91. The van der Waals surface area contributed by atoms with Crippen LogP contribution in [0.1, 0.15) is 11.7 Å². The maximum atomic E-state index is 13.1. The van der Waals surface area contributed by atoms with E-state index in [1.54, 1.807) is 24.3 Å². The van der Waals surface area contributed by atoms with E-state index in [1.165, 1.54) is 30.7 Å². The van der Waals surface area contributed by atoms with Crippen molar-refractivity contribution in [3.8, 4) is 17.2 Å². The molecule has 144 valence electrons. The van der Waals surface area contributed by atoms with Crippen molar-refractivity contribution in [3.63, 3.8) is 0 Å². The second-order valence-electron chi connectivity index (χ2n) is 6.17. The first-order valence-corrected chi connectivity index (χ1v) is 8.84. The second kappa shape index (κ2) is 8.35. The molecule has 1 amide bonds. The van der Waals surface area contributed by atoms with Crippen LogP contribution in [0.3, 0.4) is 0 Å². The molecule has 0 aliphatic heterocycles. The number of carbonyl (C=O) groups excluding carboxylic acids is 1. The SMILES string of the molecule is O=C(Nc1ccc(F)cc1)[C@H](Oc1ccc(-c2nnco2)cc1)c1ccccc1. The number of ether oxygens (including phenoxy) is 1. The lowest BCUT2D eigenvalue weighted by atomic mass is 10.1. The van der Waals surface area contributed by atoms with Crippen LogP contribution in [-0.2, 0) is 4.79 Å². The normalized spacial score (nSPS) is 11.6. The lowest BCUT2D eigenvalue weighted by Crippen LogP contribution is -2.25. The van der Waals surface area contributed by atoms with Crippen LogP contribution in [0, 0.1) is 5.82 Å². The highest BCUT2D eigenvalue weighted by Crippen LogP contribution is 2.26. The summed E-state index contributed by atoms with van der Waals surface area (Å²) in [6, 6.07) is 21.7. The number of nitrogens with zero attached hydrogens (tertiary/aromatic N) is 2. The summed E-state index contributed by atoms with van der Waals surface area (Å²) < 4.78 is 24.3. The minimum atomic E-state index is -0.893. The van der Waals surface area contributed by atoms with Crippen molar-refractivity contribution in [2.75, 3.05) is 5.32 Å². The quantitative estimate of drug-likeness (QED) is 0.520. The first-order valence-electron chi connectivity index (χ1n) is 8.84. The van der Waals surface area contributed by atoms with Gasteiger partial charge in [0.15, 0.2) is 0 Å². The van der Waals surface area contributed by atoms with Gasteiger partial charge < -0.3 is 14.5 Å². The Kier molecular flexibility index (Phi) is 5.29. The standard InChI is InChI=1S/C22H16FN3O3/c23-17-8-10-18(11-9-17)25-21(27)20(15-4-2-1-3-5-15)29-19-12-6-16(7-13-19)22-26-24-14-28-22/h1-14,20H,(H,25,27)/t20-/m1/s1. The molecule has 7 heteroatoms. The summed E-state index contributed by atoms with van der Waals surface area (Å²) in [4.78, 5) is 12.9. The highest BCUT2D eigenvalue weighted by atomic mass is 19.1. The van der Waals surface area contributed by atoms with Crippen molar-refractivity contribution in [1.29, 1.82) is 0 Å². The molecule has 0 aliphatic rings. The second-order valence-corrected chi connectivity index (χ2v) is 6.17. The zero-order chi connectivity index (χ0) is 20.1. The number of halogens is 1. The van der Waals surface area contributed by atoms with E-state index in [-0.39, 0.29) is 11.7 Å². The molecule has 1 N–H and O–H groups in total. The Morgan fingerprint density at radius 2 is 1.69 bits per heavy atom. The average molecular weight is 389 g/mol. The topological polar surface area (TPSA) is 77.2 Å². The van der Waals surface area contributed by atoms with Gasteiger partial charge in [-0.1, -0.05) is 30.3 Å². The molecule has 4 rings (SSSR count). The summed E-state index contributed by atoms with van der Waals surface area (Å²) in [6.07, 6.45) is 0.362. The van der Waals surface area contributed by atoms with Crippen molar-refractivity contribution >= 4 is 11.6 Å². The van der Waals surface area contributed by atoms with Crippen molar-refractivity contribution in [3.05, 3.63) is 96.6 Å². The van der Waals surface area contributed by atoms with Gasteiger partial charge in [-0.25, -0.2) is 4.39 Å². The van der Waals surface area contributed by atoms with Crippen molar-refractivity contribution in [1.82, 2.24) is 10.2 Å². The predicted molar refractivity (Wildman–Crippen MR) is 105 cm³/mol. The maximum absolute atomic E-state index is 13.1. The van der Waals surface area contributed by atoms with Gasteiger partial charge in [-0.3, -0.25) is 4.79 Å². The van der Waals surface area contributed by atoms with E-state index >= 15 is 0 Å². The molecule has 0 saturated carbocycles. The van der Waals surface area contributed by atoms with Crippen LogP contribution in [0.2, 0.25) is 0 Å². The Bertz CT molecular complexity index is 1070. The van der Waals surface area contributed by atoms with E-state index in [2.05, 4.69) is 15.5 Å². The molecule has 1 atom stereocenters. The number of rotatable bonds is 6. The Hall–Kier alpha value is -4.00. The predicted octanol–water partition coefficient (Wildman–Crippen LogP) is 4.63. The molecule has 0 bridgehead atoms. The van der Waals surface area contributed by atoms with E-state index in [4.69, 9.17) is 9.15 Å². The van der Waals surface area contributed by atoms with Crippen LogP contribution >= 0.6 is 0 Å². The lowest BCUT2D eigenvalue weighted by molar-refractivity contribution is -0.123. The Morgan fingerprint density at radius 3 is 2.34 bits per heavy atom. The largest absolute Gasteiger partial charge is 0.476 e. The van der Waals surface area contributed by atoms with E-state index in [9.17, 15) is 9.18 Å². The summed E-state index contributed by atoms with van der Waals surface area (Å²) in [5, 5.41) is 10.3. The van der Waals surface area contributed by atoms with Gasteiger partial charge in [-0.2, -0.15) is 0 Å². The number of hydrogen-bond donors (Lipinski definition) is 1. The third-order valence-corrected chi connectivity index (χ3v) is 4.17. The fourth-order valence-corrected chi connectivity index (χ4v) is 2.75. The molecule has 0 spiro atoms. The highest BCUT2D eigenvalue weighted by molar-refractivity contribution is 5.95. The number of carbonyl (C=O) groups is 1. The molecule has 1 aromatic heterocycles. The zero-order valence-corrected chi connectivity index (χ0v) is 15.2. The average Bonchev–Trinajstić information content (AvgIpc) is 3.29. The van der Waals surface area contributed by atoms with Gasteiger partial charge in [0.2, 0.25) is 18.4 Å². The molecule has 6 nitrogen and oxygen atoms in total. The molecule has 0 saturated heterocycles. The molecule has 0 unspecified atom stereocenters. The minimum absolute atomic E-state index is 0.371. The Balaban J connectivity index is 1.56. The number of nitrogens with one attached hydrogen (secondary N) is 1. The summed E-state index contributed by atoms with van der Waals surface area (Å²) in [5.74, 6) is 0.144. The summed E-state index contributed by atoms with van der Waals surface area (Å²) in [6.45, 7) is 0. The van der Waals surface area contributed by atoms with Gasteiger partial charge in [0.05, 0.1) is 0 Å². The van der Waals surface area contributed by atoms with E-state index < -0.39 is 6.10 Å². The molecule has 1 heterocycles. The van der Waals surface area contributed by atoms with Crippen molar-refractivity contribution in [2.45, 2.75) is 6.10 Å². The van der Waals surface area contributed by atoms with Gasteiger partial charge in [0, 0.05) is 16.8 Å². The van der Waals surface area contributed by atoms with Crippen LogP contribution in [0.5, 0.6) is 5.75 Å². The van der Waals surface area contributed by atoms with E-state index in [1.807, 2.05) is 30.3 Å². The first kappa shape index (κ1) is 18.4. The van der Waals surface area contributed by atoms with Crippen LogP contribution < -0.4 is 10.1 Å². The minimum Gasteiger partial charge on any atom is -0.476 e. The van der Waals surface area contributed by atoms with Gasteiger partial charge in [-0.05, 0) is 48.5 Å². The third-order valence-electron chi connectivity index (χ3n) is 4.17. The summed E-state index contributed by atoms with van der Waals surface area (Å²) in [7, 11) is 0. The molecular formula is C22H16FN3O3. The molecule has 3 aromatic carbocycles. The molecule has 0 fully saturated rings. The Labute approximate surface area is 166 Å². The highest BCUT2D eigenvalue weighted by Gasteiger charge is 2.23. The molecule has 29 heavy (non-hydrogen) atoms. The molecule has 4 aromatic rings. The number of benzene rings is 3. The van der Waals surface area contributed by atoms with Gasteiger partial charge in [-0.15, -0.1) is 10.2 Å². The Morgan fingerprint density at radius 1 is 0.966 bits per heavy atom. The fourth-order valence-electron chi connectivity index (χ4n) is 2.75. The third kappa shape index (κ3) is 4.47. The van der Waals surface area contributed by atoms with Crippen molar-refractivity contribution < 1.29 is 18.3 Å². The van der Waals surface area contributed by atoms with Crippen LogP contribution in [0.15, 0.2) is 89.7 Å².